The lowest BCUT2D eigenvalue weighted by Gasteiger charge is -2.06. The number of amides is 2. The number of carbonyl (C=O) groups is 2. The van der Waals surface area contributed by atoms with Gasteiger partial charge in [0.25, 0.3) is 11.8 Å². The van der Waals surface area contributed by atoms with Crippen LogP contribution in [0, 0.1) is 0 Å². The minimum atomic E-state index is -0.535. The summed E-state index contributed by atoms with van der Waals surface area (Å²) in [4.78, 5) is 23.9. The first-order chi connectivity index (χ1) is 12.6. The molecule has 4 aromatic rings. The van der Waals surface area contributed by atoms with Crippen molar-refractivity contribution in [2.45, 2.75) is 0 Å². The molecule has 26 heavy (non-hydrogen) atoms. The maximum atomic E-state index is 12.5. The lowest BCUT2D eigenvalue weighted by Crippen LogP contribution is -2.20. The molecule has 4 rings (SSSR count). The van der Waals surface area contributed by atoms with Crippen LogP contribution in [0.25, 0.3) is 19.5 Å². The summed E-state index contributed by atoms with van der Waals surface area (Å²) in [5.41, 5.74) is 5.69. The maximum Gasteiger partial charge on any atom is 0.265 e. The smallest absolute Gasteiger partial charge is 0.265 e. The zero-order valence-corrected chi connectivity index (χ0v) is 15.2. The van der Waals surface area contributed by atoms with Gasteiger partial charge >= 0.3 is 0 Å². The number of nitrogens with one attached hydrogen (secondary N) is 1. The molecule has 5 nitrogen and oxygen atoms in total. The Morgan fingerprint density at radius 1 is 1.00 bits per heavy atom. The molecule has 130 valence electrons. The van der Waals surface area contributed by atoms with Crippen LogP contribution in [0.1, 0.15) is 9.67 Å². The normalized spacial score (nSPS) is 10.9. The highest BCUT2D eigenvalue weighted by molar-refractivity contribution is 7.33. The van der Waals surface area contributed by atoms with Gasteiger partial charge in [0.05, 0.1) is 9.58 Å². The Morgan fingerprint density at radius 2 is 1.77 bits per heavy atom. The van der Waals surface area contributed by atoms with Crippen LogP contribution in [0.2, 0.25) is 0 Å². The van der Waals surface area contributed by atoms with Crippen molar-refractivity contribution in [1.82, 2.24) is 0 Å². The first-order valence-corrected chi connectivity index (χ1v) is 9.47. The number of thiophene rings is 2. The Labute approximate surface area is 157 Å². The van der Waals surface area contributed by atoms with Gasteiger partial charge in [-0.25, -0.2) is 0 Å². The van der Waals surface area contributed by atoms with Crippen LogP contribution in [-0.2, 0) is 4.79 Å². The standard InChI is InChI=1S/C19H14N2O3S2/c20-17(22)10-24-12-7-5-11(6-8-12)21-19(23)16-9-15-18(26-16)13-3-1-2-4-14(13)25-15/h1-9H,10H2,(H2,20,22)(H,21,23). The van der Waals surface area contributed by atoms with Crippen LogP contribution in [0.15, 0.2) is 54.6 Å². The molecule has 0 bridgehead atoms. The van der Waals surface area contributed by atoms with Gasteiger partial charge in [-0.3, -0.25) is 9.59 Å². The van der Waals surface area contributed by atoms with Crippen molar-refractivity contribution in [3.63, 3.8) is 0 Å². The van der Waals surface area contributed by atoms with E-state index in [4.69, 9.17) is 10.5 Å². The highest BCUT2D eigenvalue weighted by Gasteiger charge is 2.14. The van der Waals surface area contributed by atoms with E-state index in [1.54, 1.807) is 35.6 Å². The van der Waals surface area contributed by atoms with Crippen LogP contribution in [0.5, 0.6) is 5.75 Å². The SMILES string of the molecule is NC(=O)COc1ccc(NC(=O)c2cc3sc4ccccc4c3s2)cc1. The van der Waals surface area contributed by atoms with Gasteiger partial charge in [-0.2, -0.15) is 0 Å². The van der Waals surface area contributed by atoms with Crippen molar-refractivity contribution in [3.05, 3.63) is 59.5 Å². The minimum absolute atomic E-state index is 0.145. The van der Waals surface area contributed by atoms with Gasteiger partial charge < -0.3 is 15.8 Å². The second-order valence-corrected chi connectivity index (χ2v) is 7.77. The van der Waals surface area contributed by atoms with Gasteiger partial charge in [0.2, 0.25) is 0 Å². The largest absolute Gasteiger partial charge is 0.484 e. The van der Waals surface area contributed by atoms with Crippen LogP contribution < -0.4 is 15.8 Å². The predicted molar refractivity (Wildman–Crippen MR) is 106 cm³/mol. The average Bonchev–Trinajstić information content (AvgIpc) is 3.19. The van der Waals surface area contributed by atoms with E-state index in [1.165, 1.54) is 21.4 Å². The molecule has 0 aliphatic heterocycles. The monoisotopic (exact) mass is 382 g/mol. The summed E-state index contributed by atoms with van der Waals surface area (Å²) in [6.45, 7) is -0.175. The predicted octanol–water partition coefficient (Wildman–Crippen LogP) is 4.23. The average molecular weight is 382 g/mol. The molecule has 0 unspecified atom stereocenters. The highest BCUT2D eigenvalue weighted by atomic mass is 32.1. The molecular weight excluding hydrogens is 368 g/mol. The van der Waals surface area contributed by atoms with Crippen molar-refractivity contribution < 1.29 is 14.3 Å². The molecule has 2 amide bonds. The number of carbonyl (C=O) groups excluding carboxylic acids is 2. The second-order valence-electron chi connectivity index (χ2n) is 5.64. The topological polar surface area (TPSA) is 81.4 Å². The molecule has 2 aromatic heterocycles. The summed E-state index contributed by atoms with van der Waals surface area (Å²) < 4.78 is 8.69. The number of ether oxygens (including phenoxy) is 1. The summed E-state index contributed by atoms with van der Waals surface area (Å²) in [6, 6.07) is 16.9. The zero-order valence-electron chi connectivity index (χ0n) is 13.5. The number of hydrogen-bond acceptors (Lipinski definition) is 5. The molecule has 0 atom stereocenters. The molecule has 3 N–H and O–H groups in total. The Bertz CT molecular complexity index is 1110. The molecule has 0 aliphatic rings. The third kappa shape index (κ3) is 3.26. The maximum absolute atomic E-state index is 12.5. The van der Waals surface area contributed by atoms with Crippen LogP contribution in [0.4, 0.5) is 5.69 Å². The molecule has 2 heterocycles. The zero-order chi connectivity index (χ0) is 18.1. The Balaban J connectivity index is 1.51. The second kappa shape index (κ2) is 6.78. The fourth-order valence-corrected chi connectivity index (χ4v) is 5.01. The van der Waals surface area contributed by atoms with E-state index in [0.717, 1.165) is 9.40 Å². The van der Waals surface area contributed by atoms with E-state index >= 15 is 0 Å². The fraction of sp³-hybridized carbons (Fsp3) is 0.0526. The third-order valence-electron chi connectivity index (χ3n) is 3.77. The van der Waals surface area contributed by atoms with E-state index in [9.17, 15) is 9.59 Å². The minimum Gasteiger partial charge on any atom is -0.484 e. The summed E-state index contributed by atoms with van der Waals surface area (Å²) in [6.07, 6.45) is 0. The Kier molecular flexibility index (Phi) is 4.32. The number of benzene rings is 2. The van der Waals surface area contributed by atoms with Gasteiger partial charge in [-0.05, 0) is 36.4 Å². The summed E-state index contributed by atoms with van der Waals surface area (Å²) in [5, 5.41) is 4.07. The summed E-state index contributed by atoms with van der Waals surface area (Å²) in [7, 11) is 0. The number of hydrogen-bond donors (Lipinski definition) is 2. The summed E-state index contributed by atoms with van der Waals surface area (Å²) in [5.74, 6) is -0.161. The van der Waals surface area contributed by atoms with Gasteiger partial charge in [-0.15, -0.1) is 22.7 Å². The molecule has 2 aromatic carbocycles. The van der Waals surface area contributed by atoms with Gasteiger partial charge in [0, 0.05) is 20.5 Å². The third-order valence-corrected chi connectivity index (χ3v) is 6.18. The Morgan fingerprint density at radius 3 is 2.54 bits per heavy atom. The van der Waals surface area contributed by atoms with E-state index in [-0.39, 0.29) is 12.5 Å². The van der Waals surface area contributed by atoms with Crippen LogP contribution >= 0.6 is 22.7 Å². The molecular formula is C19H14N2O3S2. The number of primary amides is 1. The number of fused-ring (bicyclic) bond motifs is 3. The quantitative estimate of drug-likeness (QED) is 0.542. The molecule has 0 radical (unpaired) electrons. The van der Waals surface area contributed by atoms with E-state index < -0.39 is 5.91 Å². The first kappa shape index (κ1) is 16.6. The molecule has 0 aliphatic carbocycles. The fourth-order valence-electron chi connectivity index (χ4n) is 2.59. The molecule has 7 heteroatoms. The highest BCUT2D eigenvalue weighted by Crippen LogP contribution is 2.39. The van der Waals surface area contributed by atoms with Crippen molar-refractivity contribution >= 4 is 59.7 Å². The molecule has 0 fully saturated rings. The number of nitrogens with two attached hydrogens (primary N) is 1. The summed E-state index contributed by atoms with van der Waals surface area (Å²) >= 11 is 3.19. The number of anilines is 1. The lowest BCUT2D eigenvalue weighted by atomic mass is 10.2. The lowest BCUT2D eigenvalue weighted by molar-refractivity contribution is -0.119. The first-order valence-electron chi connectivity index (χ1n) is 7.84. The van der Waals surface area contributed by atoms with Crippen molar-refractivity contribution in [1.29, 1.82) is 0 Å². The van der Waals surface area contributed by atoms with Crippen LogP contribution in [0.3, 0.4) is 0 Å². The van der Waals surface area contributed by atoms with E-state index in [0.29, 0.717) is 16.3 Å². The van der Waals surface area contributed by atoms with Crippen molar-refractivity contribution in [3.8, 4) is 5.75 Å². The molecule has 0 saturated carbocycles. The van der Waals surface area contributed by atoms with Crippen LogP contribution in [-0.4, -0.2) is 18.4 Å². The number of rotatable bonds is 5. The van der Waals surface area contributed by atoms with Crippen molar-refractivity contribution in [2.75, 3.05) is 11.9 Å². The van der Waals surface area contributed by atoms with E-state index in [2.05, 4.69) is 17.4 Å². The van der Waals surface area contributed by atoms with Crippen molar-refractivity contribution in [2.24, 2.45) is 5.73 Å². The van der Waals surface area contributed by atoms with Gasteiger partial charge in [0.15, 0.2) is 6.61 Å². The Hall–Kier alpha value is -2.90. The molecule has 0 spiro atoms. The van der Waals surface area contributed by atoms with Gasteiger partial charge in [-0.1, -0.05) is 18.2 Å². The molecule has 0 saturated heterocycles. The van der Waals surface area contributed by atoms with Gasteiger partial charge in [0.1, 0.15) is 5.75 Å². The van der Waals surface area contributed by atoms with E-state index in [1.807, 2.05) is 18.2 Å².